The Morgan fingerprint density at radius 3 is 2.86 bits per heavy atom. The van der Waals surface area contributed by atoms with E-state index < -0.39 is 30.8 Å². The normalized spacial score (nSPS) is 17.5. The van der Waals surface area contributed by atoms with Gasteiger partial charge in [-0.05, 0) is 25.1 Å². The highest BCUT2D eigenvalue weighted by atomic mass is 19.3. The van der Waals surface area contributed by atoms with Crippen molar-refractivity contribution in [2.75, 3.05) is 25.6 Å². The van der Waals surface area contributed by atoms with Gasteiger partial charge in [0.1, 0.15) is 24.2 Å². The lowest BCUT2D eigenvalue weighted by molar-refractivity contribution is 0.0316. The molecule has 0 saturated heterocycles. The van der Waals surface area contributed by atoms with Crippen LogP contribution in [0.15, 0.2) is 23.3 Å². The number of nitrogens with zero attached hydrogens (tertiary/aromatic N) is 6. The van der Waals surface area contributed by atoms with Crippen LogP contribution < -0.4 is 5.32 Å². The maximum atomic E-state index is 13.6. The van der Waals surface area contributed by atoms with Gasteiger partial charge >= 0.3 is 6.03 Å². The summed E-state index contributed by atoms with van der Waals surface area (Å²) in [7, 11) is 1.45. The first-order valence-electron chi connectivity index (χ1n) is 10.7. The van der Waals surface area contributed by atoms with E-state index in [1.807, 2.05) is 6.92 Å². The van der Waals surface area contributed by atoms with Gasteiger partial charge in [-0.25, -0.2) is 23.0 Å². The van der Waals surface area contributed by atoms with Crippen molar-refractivity contribution in [2.24, 2.45) is 5.10 Å². The minimum Gasteiger partial charge on any atom is -0.369 e. The van der Waals surface area contributed by atoms with Crippen molar-refractivity contribution >= 4 is 23.3 Å². The van der Waals surface area contributed by atoms with Crippen LogP contribution in [0.1, 0.15) is 34.2 Å². The second-order valence-corrected chi connectivity index (χ2v) is 8.25. The first-order chi connectivity index (χ1) is 16.7. The number of hydrazone groups is 1. The summed E-state index contributed by atoms with van der Waals surface area (Å²) in [6, 6.07) is 4.67. The Morgan fingerprint density at radius 1 is 1.37 bits per heavy atom. The van der Waals surface area contributed by atoms with E-state index in [0.29, 0.717) is 23.4 Å². The van der Waals surface area contributed by atoms with Gasteiger partial charge in [-0.15, -0.1) is 0 Å². The van der Waals surface area contributed by atoms with Gasteiger partial charge in [0.2, 0.25) is 0 Å². The van der Waals surface area contributed by atoms with Crippen LogP contribution in [-0.4, -0.2) is 70.1 Å². The second-order valence-electron chi connectivity index (χ2n) is 8.25. The third-order valence-electron chi connectivity index (χ3n) is 5.71. The van der Waals surface area contributed by atoms with E-state index in [2.05, 4.69) is 15.5 Å². The highest BCUT2D eigenvalue weighted by molar-refractivity contribution is 5.98. The summed E-state index contributed by atoms with van der Waals surface area (Å²) in [5.74, 6) is -1.14. The number of anilines is 1. The summed E-state index contributed by atoms with van der Waals surface area (Å²) >= 11 is 0. The Balaban J connectivity index is 1.55. The van der Waals surface area contributed by atoms with Gasteiger partial charge in [0.05, 0.1) is 36.7 Å². The summed E-state index contributed by atoms with van der Waals surface area (Å²) in [6.07, 6.45) is -2.24. The fraction of sp³-hybridized carbons (Fsp3) is 0.409. The third-order valence-corrected chi connectivity index (χ3v) is 5.71. The fourth-order valence-corrected chi connectivity index (χ4v) is 4.06. The Morgan fingerprint density at radius 2 is 2.14 bits per heavy atom. The molecule has 0 radical (unpaired) electrons. The molecule has 10 nitrogen and oxygen atoms in total. The monoisotopic (exact) mass is 489 g/mol. The highest BCUT2D eigenvalue weighted by Crippen LogP contribution is 2.28. The predicted molar refractivity (Wildman–Crippen MR) is 117 cm³/mol. The molecule has 3 heterocycles. The van der Waals surface area contributed by atoms with Crippen LogP contribution >= 0.6 is 0 Å². The third kappa shape index (κ3) is 4.97. The Kier molecular flexibility index (Phi) is 6.74. The number of aromatic nitrogens is 2. The highest BCUT2D eigenvalue weighted by Gasteiger charge is 2.36. The minimum atomic E-state index is -2.62. The molecule has 2 aliphatic rings. The number of urea groups is 1. The molecule has 1 aromatic carbocycles. The van der Waals surface area contributed by atoms with Gasteiger partial charge < -0.3 is 15.0 Å². The average molecular weight is 489 g/mol. The minimum absolute atomic E-state index is 0.0781. The summed E-state index contributed by atoms with van der Waals surface area (Å²) in [4.78, 5) is 27.6. The van der Waals surface area contributed by atoms with E-state index in [0.717, 1.165) is 11.1 Å². The van der Waals surface area contributed by atoms with Crippen LogP contribution in [0.2, 0.25) is 0 Å². The van der Waals surface area contributed by atoms with Crippen LogP contribution in [0.25, 0.3) is 0 Å². The van der Waals surface area contributed by atoms with Gasteiger partial charge in [0, 0.05) is 30.8 Å². The van der Waals surface area contributed by atoms with Gasteiger partial charge in [0.25, 0.3) is 12.3 Å². The summed E-state index contributed by atoms with van der Waals surface area (Å²) < 4.78 is 44.9. The molecule has 184 valence electrons. The van der Waals surface area contributed by atoms with Crippen molar-refractivity contribution in [2.45, 2.75) is 38.9 Å². The maximum Gasteiger partial charge on any atom is 0.322 e. The molecule has 1 unspecified atom stereocenters. The topological polar surface area (TPSA) is 116 Å². The van der Waals surface area contributed by atoms with E-state index in [-0.39, 0.29) is 42.7 Å². The number of carbonyl (C=O) groups is 2. The standard InChI is InChI=1S/C22H22F3N7O3/c1-12-5-18-16(9-31(12)22(34)27-14-3-4-17(23)13(6-14)7-26)20-21(33)30(2)28-15(8-32(20)29-18)10-35-11-19(24)25/h3-4,6,12,19H,5,8-11H2,1-2H3,(H,27,34). The molecule has 35 heavy (non-hydrogen) atoms. The SMILES string of the molecule is CC1Cc2nn3c(c2CN1C(=O)Nc1ccc(F)c(C#N)c1)C(=O)N(C)N=C(COCC(F)F)C3. The van der Waals surface area contributed by atoms with E-state index in [4.69, 9.17) is 10.00 Å². The number of ether oxygens (including phenoxy) is 1. The van der Waals surface area contributed by atoms with Gasteiger partial charge in [-0.1, -0.05) is 0 Å². The lowest BCUT2D eigenvalue weighted by Gasteiger charge is -2.33. The molecular weight excluding hydrogens is 467 g/mol. The quantitative estimate of drug-likeness (QED) is 0.693. The Bertz CT molecular complexity index is 1240. The van der Waals surface area contributed by atoms with Crippen molar-refractivity contribution in [1.82, 2.24) is 19.7 Å². The number of hydrogen-bond acceptors (Lipinski definition) is 6. The molecule has 3 amide bonds. The largest absolute Gasteiger partial charge is 0.369 e. The van der Waals surface area contributed by atoms with Crippen molar-refractivity contribution in [3.63, 3.8) is 0 Å². The fourth-order valence-electron chi connectivity index (χ4n) is 4.06. The molecule has 2 aromatic rings. The van der Waals surface area contributed by atoms with E-state index >= 15 is 0 Å². The molecule has 1 N–H and O–H groups in total. The Labute approximate surface area is 198 Å². The molecule has 13 heteroatoms. The number of nitrogens with one attached hydrogen (secondary N) is 1. The summed E-state index contributed by atoms with van der Waals surface area (Å²) in [5.41, 5.74) is 1.90. The van der Waals surface area contributed by atoms with Crippen molar-refractivity contribution < 1.29 is 27.5 Å². The zero-order chi connectivity index (χ0) is 25.3. The van der Waals surface area contributed by atoms with Crippen LogP contribution in [0.3, 0.4) is 0 Å². The van der Waals surface area contributed by atoms with Crippen LogP contribution in [0.4, 0.5) is 23.7 Å². The van der Waals surface area contributed by atoms with Crippen molar-refractivity contribution in [3.8, 4) is 6.07 Å². The van der Waals surface area contributed by atoms with Crippen molar-refractivity contribution in [3.05, 3.63) is 46.5 Å². The number of amides is 3. The number of benzene rings is 1. The molecule has 2 aliphatic heterocycles. The molecule has 1 atom stereocenters. The number of rotatable bonds is 5. The lowest BCUT2D eigenvalue weighted by atomic mass is 9.99. The van der Waals surface area contributed by atoms with Gasteiger partial charge in [-0.3, -0.25) is 9.48 Å². The molecular formula is C22H22F3N7O3. The molecule has 4 rings (SSSR count). The summed E-state index contributed by atoms with van der Waals surface area (Å²) in [6.45, 7) is 1.07. The second kappa shape index (κ2) is 9.75. The molecule has 1 aromatic heterocycles. The van der Waals surface area contributed by atoms with E-state index in [1.165, 1.54) is 28.8 Å². The zero-order valence-electron chi connectivity index (χ0n) is 19.0. The smallest absolute Gasteiger partial charge is 0.322 e. The number of nitriles is 1. The Hall–Kier alpha value is -3.92. The van der Waals surface area contributed by atoms with Gasteiger partial charge in [-0.2, -0.15) is 15.5 Å². The molecule has 0 saturated carbocycles. The van der Waals surface area contributed by atoms with E-state index in [1.54, 1.807) is 6.07 Å². The summed E-state index contributed by atoms with van der Waals surface area (Å²) in [5, 5.41) is 21.5. The number of fused-ring (bicyclic) bond motifs is 3. The average Bonchev–Trinajstić information content (AvgIpc) is 3.09. The van der Waals surface area contributed by atoms with Crippen LogP contribution in [0.5, 0.6) is 0 Å². The number of carbonyl (C=O) groups excluding carboxylic acids is 2. The molecule has 0 bridgehead atoms. The number of alkyl halides is 2. The molecule has 0 aliphatic carbocycles. The molecule has 0 fully saturated rings. The van der Waals surface area contributed by atoms with Crippen LogP contribution in [-0.2, 0) is 24.2 Å². The van der Waals surface area contributed by atoms with Gasteiger partial charge in [0.15, 0.2) is 0 Å². The lowest BCUT2D eigenvalue weighted by Crippen LogP contribution is -2.45. The number of hydrogen-bond donors (Lipinski definition) is 1. The van der Waals surface area contributed by atoms with E-state index in [9.17, 15) is 22.8 Å². The van der Waals surface area contributed by atoms with Crippen molar-refractivity contribution in [1.29, 1.82) is 5.26 Å². The number of halogens is 3. The molecule has 0 spiro atoms. The van der Waals surface area contributed by atoms with Crippen LogP contribution in [0, 0.1) is 17.1 Å². The predicted octanol–water partition coefficient (Wildman–Crippen LogP) is 2.60. The first-order valence-corrected chi connectivity index (χ1v) is 10.7. The maximum absolute atomic E-state index is 13.6. The first kappa shape index (κ1) is 24.2. The zero-order valence-corrected chi connectivity index (χ0v) is 19.0.